The van der Waals surface area contributed by atoms with Gasteiger partial charge in [-0.15, -0.1) is 0 Å². The van der Waals surface area contributed by atoms with Crippen LogP contribution in [-0.4, -0.2) is 73.2 Å². The summed E-state index contributed by atoms with van der Waals surface area (Å²) in [6, 6.07) is 0. The van der Waals surface area contributed by atoms with Crippen LogP contribution in [0.15, 0.2) is 0 Å². The maximum atomic E-state index is 11.2. The Hall–Kier alpha value is -1.31. The van der Waals surface area contributed by atoms with Gasteiger partial charge in [0.15, 0.2) is 6.29 Å². The summed E-state index contributed by atoms with van der Waals surface area (Å²) in [7, 11) is 0. The molecule has 8 nitrogen and oxygen atoms in total. The number of thiocarbonyl (C=S) groups is 1. The van der Waals surface area contributed by atoms with Crippen LogP contribution in [0.25, 0.3) is 0 Å². The molecule has 1 saturated heterocycles. The van der Waals surface area contributed by atoms with Gasteiger partial charge in [0.1, 0.15) is 19.3 Å². The van der Waals surface area contributed by atoms with Gasteiger partial charge in [-0.2, -0.15) is 13.2 Å². The third-order valence-electron chi connectivity index (χ3n) is 3.16. The lowest BCUT2D eigenvalue weighted by Crippen LogP contribution is -2.34. The largest absolute Gasteiger partial charge is 0.508 e. The Labute approximate surface area is 183 Å². The minimum absolute atomic E-state index is 0.136. The first-order chi connectivity index (χ1) is 14.0. The number of nitrogens with one attached hydrogen (secondary N) is 1. The van der Waals surface area contributed by atoms with Gasteiger partial charge in [-0.3, -0.25) is 4.79 Å². The molecule has 1 aliphatic rings. The minimum atomic E-state index is -4.30. The number of alkyl halides is 3. The van der Waals surface area contributed by atoms with Crippen LogP contribution in [0, 0.1) is 0 Å². The Morgan fingerprint density at radius 1 is 1.27 bits per heavy atom. The van der Waals surface area contributed by atoms with Gasteiger partial charge >= 0.3 is 12.3 Å². The van der Waals surface area contributed by atoms with Crippen molar-refractivity contribution in [2.45, 2.75) is 57.9 Å². The highest BCUT2D eigenvalue weighted by molar-refractivity contribution is 8.23. The summed E-state index contributed by atoms with van der Waals surface area (Å²) in [5.74, 6) is -0.674. The highest BCUT2D eigenvalue weighted by atomic mass is 32.2. The zero-order valence-electron chi connectivity index (χ0n) is 17.3. The van der Waals surface area contributed by atoms with E-state index in [4.69, 9.17) is 35.9 Å². The van der Waals surface area contributed by atoms with Crippen molar-refractivity contribution in [1.29, 1.82) is 0 Å². The first kappa shape index (κ1) is 28.7. The normalized spacial score (nSPS) is 16.8. The van der Waals surface area contributed by atoms with Crippen molar-refractivity contribution in [2.75, 3.05) is 33.0 Å². The number of rotatable bonds is 10. The molecule has 176 valence electrons. The summed E-state index contributed by atoms with van der Waals surface area (Å²) >= 11 is 6.53. The van der Waals surface area contributed by atoms with Gasteiger partial charge in [-0.1, -0.05) is 11.8 Å². The van der Waals surface area contributed by atoms with Gasteiger partial charge in [0.2, 0.25) is 10.3 Å². The lowest BCUT2D eigenvalue weighted by atomic mass is 10.2. The van der Waals surface area contributed by atoms with Crippen LogP contribution in [0.5, 0.6) is 0 Å². The summed E-state index contributed by atoms with van der Waals surface area (Å²) in [5.41, 5.74) is 0. The smallest absolute Gasteiger partial charge is 0.479 e. The number of amides is 1. The van der Waals surface area contributed by atoms with Gasteiger partial charge in [-0.25, -0.2) is 4.79 Å². The number of ether oxygens (including phenoxy) is 5. The minimum Gasteiger partial charge on any atom is -0.479 e. The van der Waals surface area contributed by atoms with E-state index in [1.165, 1.54) is 11.8 Å². The molecule has 0 radical (unpaired) electrons. The van der Waals surface area contributed by atoms with Gasteiger partial charge in [0.25, 0.3) is 0 Å². The standard InChI is InChI=1S/C13H22O6S2.C4H6F3NO/c1-4-15-11(16-5-2)10(21-13(20)17-6-3)7-9-8-18-12(14)19-9;1-3(9)8-2-4(5,6)7/h9-11H,4-8H2,1-3H3;2H2,1H3,(H,8,9). The van der Waals surface area contributed by atoms with Gasteiger partial charge in [-0.05, 0) is 33.0 Å². The Kier molecular flexibility index (Phi) is 14.8. The lowest BCUT2D eigenvalue weighted by Gasteiger charge is -2.27. The summed E-state index contributed by atoms with van der Waals surface area (Å²) in [5, 5.41) is 1.49. The van der Waals surface area contributed by atoms with E-state index in [0.717, 1.165) is 6.92 Å². The summed E-state index contributed by atoms with van der Waals surface area (Å²) in [6.45, 7) is 7.23. The molecule has 0 aliphatic carbocycles. The Morgan fingerprint density at radius 2 is 1.87 bits per heavy atom. The van der Waals surface area contributed by atoms with Crippen molar-refractivity contribution < 1.29 is 46.4 Å². The predicted octanol–water partition coefficient (Wildman–Crippen LogP) is 3.42. The van der Waals surface area contributed by atoms with Crippen LogP contribution in [0.4, 0.5) is 18.0 Å². The van der Waals surface area contributed by atoms with Crippen LogP contribution in [0.2, 0.25) is 0 Å². The SMILES string of the molecule is CC(=O)NCC(F)(F)F.CCOC(=S)SC(CC1COC(=O)O1)C(OCC)OCC. The molecule has 1 rings (SSSR count). The second-order valence-corrected chi connectivity index (χ2v) is 7.52. The first-order valence-electron chi connectivity index (χ1n) is 9.23. The van der Waals surface area contributed by atoms with Crippen LogP contribution in [-0.2, 0) is 28.5 Å². The number of carbonyl (C=O) groups excluding carboxylic acids is 2. The van der Waals surface area contributed by atoms with Crippen molar-refractivity contribution in [3.8, 4) is 0 Å². The highest BCUT2D eigenvalue weighted by Gasteiger charge is 2.33. The monoisotopic (exact) mass is 479 g/mol. The van der Waals surface area contributed by atoms with E-state index < -0.39 is 31.1 Å². The van der Waals surface area contributed by atoms with Gasteiger partial charge in [0.05, 0.1) is 11.9 Å². The van der Waals surface area contributed by atoms with Crippen LogP contribution < -0.4 is 5.32 Å². The average Bonchev–Trinajstić information content (AvgIpc) is 3.04. The molecular formula is C17H28F3NO7S2. The van der Waals surface area contributed by atoms with Crippen molar-refractivity contribution >= 4 is 40.4 Å². The fourth-order valence-corrected chi connectivity index (χ4v) is 3.55. The second-order valence-electron chi connectivity index (χ2n) is 5.68. The first-order valence-corrected chi connectivity index (χ1v) is 10.5. The molecule has 13 heteroatoms. The Bertz CT molecular complexity index is 532. The fraction of sp³-hybridized carbons (Fsp3) is 0.824. The maximum Gasteiger partial charge on any atom is 0.508 e. The molecule has 30 heavy (non-hydrogen) atoms. The van der Waals surface area contributed by atoms with Crippen LogP contribution in [0.3, 0.4) is 0 Å². The number of hydrogen-bond acceptors (Lipinski definition) is 9. The molecule has 0 aromatic heterocycles. The third kappa shape index (κ3) is 14.6. The van der Waals surface area contributed by atoms with Crippen molar-refractivity contribution in [2.24, 2.45) is 0 Å². The van der Waals surface area contributed by atoms with Crippen molar-refractivity contribution in [3.05, 3.63) is 0 Å². The summed E-state index contributed by atoms with van der Waals surface area (Å²) in [6.07, 6.45) is -5.17. The quantitative estimate of drug-likeness (QED) is 0.287. The molecule has 0 bridgehead atoms. The Morgan fingerprint density at radius 3 is 2.23 bits per heavy atom. The zero-order valence-corrected chi connectivity index (χ0v) is 18.9. The predicted molar refractivity (Wildman–Crippen MR) is 108 cm³/mol. The number of carbonyl (C=O) groups is 2. The zero-order chi connectivity index (χ0) is 23.2. The topological polar surface area (TPSA) is 92.3 Å². The van der Waals surface area contributed by atoms with Gasteiger partial charge < -0.3 is 29.0 Å². The van der Waals surface area contributed by atoms with Crippen LogP contribution >= 0.6 is 24.0 Å². The molecular weight excluding hydrogens is 451 g/mol. The molecule has 1 N–H and O–H groups in total. The van der Waals surface area contributed by atoms with E-state index in [1.807, 2.05) is 20.8 Å². The van der Waals surface area contributed by atoms with E-state index in [-0.39, 0.29) is 18.0 Å². The van der Waals surface area contributed by atoms with Crippen molar-refractivity contribution in [1.82, 2.24) is 5.32 Å². The number of halogens is 3. The van der Waals surface area contributed by atoms with Crippen molar-refractivity contribution in [3.63, 3.8) is 0 Å². The molecule has 2 unspecified atom stereocenters. The highest BCUT2D eigenvalue weighted by Crippen LogP contribution is 2.27. The maximum absolute atomic E-state index is 11.2. The molecule has 0 spiro atoms. The summed E-state index contributed by atoms with van der Waals surface area (Å²) in [4.78, 5) is 20.9. The van der Waals surface area contributed by atoms with Gasteiger partial charge in [0, 0.05) is 26.6 Å². The van der Waals surface area contributed by atoms with E-state index >= 15 is 0 Å². The lowest BCUT2D eigenvalue weighted by molar-refractivity contribution is -0.138. The molecule has 2 atom stereocenters. The molecule has 0 aromatic carbocycles. The second kappa shape index (κ2) is 15.5. The fourth-order valence-electron chi connectivity index (χ4n) is 2.05. The number of cyclic esters (lactones) is 2. The molecule has 0 saturated carbocycles. The van der Waals surface area contributed by atoms with E-state index in [2.05, 4.69) is 0 Å². The molecule has 1 amide bonds. The average molecular weight is 480 g/mol. The van der Waals surface area contributed by atoms with E-state index in [1.54, 1.807) is 5.32 Å². The molecule has 1 aliphatic heterocycles. The van der Waals surface area contributed by atoms with Crippen LogP contribution in [0.1, 0.15) is 34.1 Å². The Balaban J connectivity index is 0.000000787. The molecule has 1 heterocycles. The van der Waals surface area contributed by atoms with E-state index in [0.29, 0.717) is 30.6 Å². The number of thioether (sulfide) groups is 1. The number of hydrogen-bond donors (Lipinski definition) is 1. The third-order valence-corrected chi connectivity index (χ3v) is 4.59. The molecule has 1 fully saturated rings. The van der Waals surface area contributed by atoms with E-state index in [9.17, 15) is 22.8 Å². The molecule has 0 aromatic rings. The summed E-state index contributed by atoms with van der Waals surface area (Å²) < 4.78 is 60.5.